The number of hydrogen-bond acceptors (Lipinski definition) is 2. The van der Waals surface area contributed by atoms with Crippen LogP contribution in [0.4, 0.5) is 4.39 Å². The Labute approximate surface area is 160 Å². The zero-order valence-electron chi connectivity index (χ0n) is 16.0. The van der Waals surface area contributed by atoms with Crippen molar-refractivity contribution in [1.29, 1.82) is 0 Å². The molecule has 0 aliphatic heterocycles. The van der Waals surface area contributed by atoms with Crippen molar-refractivity contribution in [3.63, 3.8) is 0 Å². The minimum absolute atomic E-state index is 0.0951. The third-order valence-electron chi connectivity index (χ3n) is 4.27. The van der Waals surface area contributed by atoms with Gasteiger partial charge < -0.3 is 10.2 Å². The van der Waals surface area contributed by atoms with Crippen LogP contribution in [-0.4, -0.2) is 23.3 Å². The van der Waals surface area contributed by atoms with Crippen LogP contribution in [0.3, 0.4) is 0 Å². The molecule has 0 aromatic heterocycles. The average molecular weight is 370 g/mol. The molecule has 0 saturated heterocycles. The molecule has 2 aromatic rings. The van der Waals surface area contributed by atoms with Gasteiger partial charge in [0.15, 0.2) is 0 Å². The average Bonchev–Trinajstić information content (AvgIpc) is 2.68. The molecule has 0 bridgehead atoms. The van der Waals surface area contributed by atoms with Gasteiger partial charge in [-0.3, -0.25) is 9.59 Å². The third kappa shape index (κ3) is 5.91. The molecule has 27 heavy (non-hydrogen) atoms. The van der Waals surface area contributed by atoms with E-state index in [1.165, 1.54) is 12.1 Å². The summed E-state index contributed by atoms with van der Waals surface area (Å²) in [6.45, 7) is 4.71. The molecule has 4 nitrogen and oxygen atoms in total. The highest BCUT2D eigenvalue weighted by Crippen LogP contribution is 2.25. The topological polar surface area (TPSA) is 49.4 Å². The van der Waals surface area contributed by atoms with Crippen molar-refractivity contribution in [2.75, 3.05) is 6.54 Å². The predicted molar refractivity (Wildman–Crippen MR) is 104 cm³/mol. The minimum Gasteiger partial charge on any atom is -0.354 e. The molecule has 144 valence electrons. The maximum atomic E-state index is 13.2. The summed E-state index contributed by atoms with van der Waals surface area (Å²) in [4.78, 5) is 27.4. The Morgan fingerprint density at radius 3 is 2.26 bits per heavy atom. The van der Waals surface area contributed by atoms with Crippen LogP contribution in [-0.2, 0) is 16.1 Å². The van der Waals surface area contributed by atoms with Crippen LogP contribution in [0.5, 0.6) is 0 Å². The molecule has 2 aromatic carbocycles. The van der Waals surface area contributed by atoms with E-state index in [1.807, 2.05) is 44.2 Å². The monoisotopic (exact) mass is 370 g/mol. The van der Waals surface area contributed by atoms with Crippen LogP contribution in [0.15, 0.2) is 54.6 Å². The largest absolute Gasteiger partial charge is 0.354 e. The maximum absolute atomic E-state index is 13.2. The van der Waals surface area contributed by atoms with E-state index in [0.29, 0.717) is 19.4 Å². The summed E-state index contributed by atoms with van der Waals surface area (Å²) in [5, 5.41) is 2.91. The highest BCUT2D eigenvalue weighted by atomic mass is 19.1. The minimum atomic E-state index is -0.721. The number of nitrogens with one attached hydrogen (secondary N) is 1. The van der Waals surface area contributed by atoms with Gasteiger partial charge in [-0.05, 0) is 36.1 Å². The zero-order chi connectivity index (χ0) is 19.6. The van der Waals surface area contributed by atoms with E-state index in [-0.39, 0.29) is 24.2 Å². The highest BCUT2D eigenvalue weighted by molar-refractivity contribution is 5.88. The first-order chi connectivity index (χ1) is 13.1. The lowest BCUT2D eigenvalue weighted by atomic mass is 10.0. The molecule has 0 unspecified atom stereocenters. The molecule has 0 fully saturated rings. The Morgan fingerprint density at radius 2 is 1.67 bits per heavy atom. The second kappa shape index (κ2) is 10.5. The Morgan fingerprint density at radius 1 is 1.00 bits per heavy atom. The second-order valence-corrected chi connectivity index (χ2v) is 6.50. The molecule has 1 atom stereocenters. The lowest BCUT2D eigenvalue weighted by Crippen LogP contribution is -2.43. The van der Waals surface area contributed by atoms with Gasteiger partial charge in [-0.1, -0.05) is 56.3 Å². The SMILES string of the molecule is CCCNC(=O)[C@@H](c1ccccc1)N(Cc1ccc(F)cc1)C(=O)CCC. The van der Waals surface area contributed by atoms with Gasteiger partial charge in [-0.2, -0.15) is 0 Å². The van der Waals surface area contributed by atoms with Crippen molar-refractivity contribution in [2.24, 2.45) is 0 Å². The Bertz CT molecular complexity index is 732. The summed E-state index contributed by atoms with van der Waals surface area (Å²) in [6.07, 6.45) is 1.86. The molecule has 0 aliphatic rings. The van der Waals surface area contributed by atoms with Crippen LogP contribution in [0.2, 0.25) is 0 Å². The lowest BCUT2D eigenvalue weighted by molar-refractivity contribution is -0.141. The van der Waals surface area contributed by atoms with Crippen LogP contribution >= 0.6 is 0 Å². The second-order valence-electron chi connectivity index (χ2n) is 6.50. The van der Waals surface area contributed by atoms with Crippen molar-refractivity contribution in [3.8, 4) is 0 Å². The maximum Gasteiger partial charge on any atom is 0.247 e. The molecule has 0 spiro atoms. The molecular formula is C22H27FN2O2. The van der Waals surface area contributed by atoms with Crippen LogP contribution in [0, 0.1) is 5.82 Å². The van der Waals surface area contributed by atoms with Crippen molar-refractivity contribution >= 4 is 11.8 Å². The molecule has 0 radical (unpaired) electrons. The zero-order valence-corrected chi connectivity index (χ0v) is 16.0. The molecular weight excluding hydrogens is 343 g/mol. The van der Waals surface area contributed by atoms with E-state index in [4.69, 9.17) is 0 Å². The molecule has 5 heteroatoms. The predicted octanol–water partition coefficient (Wildman–Crippen LogP) is 4.22. The fourth-order valence-electron chi connectivity index (χ4n) is 2.92. The van der Waals surface area contributed by atoms with Crippen LogP contribution < -0.4 is 5.32 Å². The van der Waals surface area contributed by atoms with Gasteiger partial charge in [0, 0.05) is 19.5 Å². The fourth-order valence-corrected chi connectivity index (χ4v) is 2.92. The molecule has 0 saturated carbocycles. The van der Waals surface area contributed by atoms with Gasteiger partial charge in [0.25, 0.3) is 0 Å². The summed E-state index contributed by atoms with van der Waals surface area (Å²) < 4.78 is 13.2. The Kier molecular flexibility index (Phi) is 7.99. The first-order valence-corrected chi connectivity index (χ1v) is 9.43. The van der Waals surface area contributed by atoms with Gasteiger partial charge in [-0.15, -0.1) is 0 Å². The number of hydrogen-bond donors (Lipinski definition) is 1. The fraction of sp³-hybridized carbons (Fsp3) is 0.364. The van der Waals surface area contributed by atoms with E-state index in [2.05, 4.69) is 5.32 Å². The standard InChI is InChI=1S/C22H27FN2O2/c1-3-8-20(26)25(16-17-11-13-19(23)14-12-17)21(22(27)24-15-4-2)18-9-6-5-7-10-18/h5-7,9-14,21H,3-4,8,15-16H2,1-2H3,(H,24,27)/t21-/m1/s1. The van der Waals surface area contributed by atoms with Crippen molar-refractivity contribution in [2.45, 2.75) is 45.7 Å². The Balaban J connectivity index is 2.39. The summed E-state index contributed by atoms with van der Waals surface area (Å²) in [7, 11) is 0. The first-order valence-electron chi connectivity index (χ1n) is 9.43. The first kappa shape index (κ1) is 20.6. The van der Waals surface area contributed by atoms with Crippen LogP contribution in [0.25, 0.3) is 0 Å². The summed E-state index contributed by atoms with van der Waals surface area (Å²) >= 11 is 0. The van der Waals surface area contributed by atoms with E-state index < -0.39 is 6.04 Å². The third-order valence-corrected chi connectivity index (χ3v) is 4.27. The number of carbonyl (C=O) groups excluding carboxylic acids is 2. The number of nitrogens with zero attached hydrogens (tertiary/aromatic N) is 1. The van der Waals surface area contributed by atoms with Gasteiger partial charge in [0.1, 0.15) is 11.9 Å². The van der Waals surface area contributed by atoms with Crippen molar-refractivity contribution in [1.82, 2.24) is 10.2 Å². The molecule has 1 N–H and O–H groups in total. The summed E-state index contributed by atoms with van der Waals surface area (Å²) in [5.74, 6) is -0.623. The molecule has 0 heterocycles. The number of benzene rings is 2. The summed E-state index contributed by atoms with van der Waals surface area (Å²) in [5.41, 5.74) is 1.54. The van der Waals surface area contributed by atoms with Crippen LogP contribution in [0.1, 0.15) is 50.3 Å². The van der Waals surface area contributed by atoms with Gasteiger partial charge in [-0.25, -0.2) is 4.39 Å². The van der Waals surface area contributed by atoms with Crippen molar-refractivity contribution < 1.29 is 14.0 Å². The van der Waals surface area contributed by atoms with E-state index >= 15 is 0 Å². The smallest absolute Gasteiger partial charge is 0.247 e. The molecule has 2 rings (SSSR count). The lowest BCUT2D eigenvalue weighted by Gasteiger charge is -2.31. The normalized spacial score (nSPS) is 11.7. The summed E-state index contributed by atoms with van der Waals surface area (Å²) in [6, 6.07) is 14.6. The van der Waals surface area contributed by atoms with Gasteiger partial charge in [0.05, 0.1) is 0 Å². The van der Waals surface area contributed by atoms with E-state index in [9.17, 15) is 14.0 Å². The van der Waals surface area contributed by atoms with Gasteiger partial charge >= 0.3 is 0 Å². The van der Waals surface area contributed by atoms with E-state index in [1.54, 1.807) is 17.0 Å². The van der Waals surface area contributed by atoms with E-state index in [0.717, 1.165) is 17.5 Å². The molecule has 0 aliphatic carbocycles. The number of carbonyl (C=O) groups is 2. The number of halogens is 1. The molecule has 2 amide bonds. The highest BCUT2D eigenvalue weighted by Gasteiger charge is 2.30. The number of rotatable bonds is 9. The number of amides is 2. The van der Waals surface area contributed by atoms with Gasteiger partial charge in [0.2, 0.25) is 11.8 Å². The Hall–Kier alpha value is -2.69. The van der Waals surface area contributed by atoms with Crippen molar-refractivity contribution in [3.05, 3.63) is 71.5 Å². The quantitative estimate of drug-likeness (QED) is 0.718.